The summed E-state index contributed by atoms with van der Waals surface area (Å²) in [4.78, 5) is 13.6. The molecule has 0 amide bonds. The lowest BCUT2D eigenvalue weighted by Crippen LogP contribution is -2.30. The Morgan fingerprint density at radius 1 is 1.15 bits per heavy atom. The lowest BCUT2D eigenvalue weighted by Gasteiger charge is -2.21. The number of anilines is 1. The number of nitrogens with one attached hydrogen (secondary N) is 3. The molecule has 0 atom stereocenters. The van der Waals surface area contributed by atoms with E-state index in [4.69, 9.17) is 9.47 Å². The van der Waals surface area contributed by atoms with Gasteiger partial charge in [0.2, 0.25) is 15.8 Å². The van der Waals surface area contributed by atoms with E-state index in [0.717, 1.165) is 48.9 Å². The van der Waals surface area contributed by atoms with Crippen LogP contribution in [0, 0.1) is 0 Å². The van der Waals surface area contributed by atoms with Crippen molar-refractivity contribution in [2.45, 2.75) is 18.6 Å². The van der Waals surface area contributed by atoms with Gasteiger partial charge in [0.25, 0.3) is 5.88 Å². The molecular formula is C22H32N6O4S. The van der Waals surface area contributed by atoms with Gasteiger partial charge in [0.15, 0.2) is 5.82 Å². The van der Waals surface area contributed by atoms with Crippen LogP contribution in [0.25, 0.3) is 10.9 Å². The molecule has 0 fully saturated rings. The van der Waals surface area contributed by atoms with Crippen molar-refractivity contribution in [3.05, 3.63) is 41.9 Å². The molecule has 180 valence electrons. The zero-order chi connectivity index (χ0) is 23.8. The van der Waals surface area contributed by atoms with Gasteiger partial charge in [-0.05, 0) is 49.7 Å². The Morgan fingerprint density at radius 3 is 2.70 bits per heavy atom. The number of ether oxygens (including phenoxy) is 2. The van der Waals surface area contributed by atoms with Gasteiger partial charge in [-0.15, -0.1) is 0 Å². The summed E-state index contributed by atoms with van der Waals surface area (Å²) in [6.07, 6.45) is 5.31. The summed E-state index contributed by atoms with van der Waals surface area (Å²) in [6.45, 7) is 2.39. The molecule has 33 heavy (non-hydrogen) atoms. The summed E-state index contributed by atoms with van der Waals surface area (Å²) >= 11 is 0. The number of hydrogen-bond acceptors (Lipinski definition) is 8. The van der Waals surface area contributed by atoms with E-state index in [2.05, 4.69) is 25.0 Å². The van der Waals surface area contributed by atoms with Crippen molar-refractivity contribution in [1.29, 1.82) is 0 Å². The number of sulfonamides is 1. The average molecular weight is 477 g/mol. The molecule has 2 heterocycles. The van der Waals surface area contributed by atoms with E-state index in [1.54, 1.807) is 14.2 Å². The largest absolute Gasteiger partial charge is 0.489 e. The normalized spacial score (nSPS) is 11.6. The standard InChI is InChI=1S/C22H32N6O4S/c1-23-33(29,30)14-16-7-8-19-18(12-16)17(13-25-19)6-5-9-24-10-11-28(2)21-20(31-3)22(32-4)27-15-26-21/h7-8,12-13,15,23-25H,5-6,9-11,14H2,1-4H3. The number of likely N-dealkylation sites (N-methyl/N-ethyl adjacent to an activating group) is 1. The number of benzene rings is 1. The molecule has 0 saturated heterocycles. The van der Waals surface area contributed by atoms with Gasteiger partial charge in [-0.25, -0.2) is 18.1 Å². The minimum absolute atomic E-state index is 0.0257. The van der Waals surface area contributed by atoms with Gasteiger partial charge in [-0.2, -0.15) is 4.98 Å². The molecule has 2 aromatic heterocycles. The molecule has 3 aromatic rings. The number of methoxy groups -OCH3 is 2. The molecule has 0 unspecified atom stereocenters. The Kier molecular flexibility index (Phi) is 8.48. The van der Waals surface area contributed by atoms with Crippen LogP contribution < -0.4 is 24.4 Å². The molecule has 10 nitrogen and oxygen atoms in total. The quantitative estimate of drug-likeness (QED) is 0.319. The molecule has 0 saturated carbocycles. The van der Waals surface area contributed by atoms with E-state index in [1.165, 1.54) is 18.9 Å². The van der Waals surface area contributed by atoms with Crippen LogP contribution in [0.2, 0.25) is 0 Å². The van der Waals surface area contributed by atoms with Crippen LogP contribution in [0.15, 0.2) is 30.7 Å². The fourth-order valence-corrected chi connectivity index (χ4v) is 4.40. The molecule has 0 aliphatic carbocycles. The van der Waals surface area contributed by atoms with E-state index in [1.807, 2.05) is 36.3 Å². The summed E-state index contributed by atoms with van der Waals surface area (Å²) in [5.74, 6) is 1.58. The number of aryl methyl sites for hydroxylation is 1. The maximum atomic E-state index is 11.9. The lowest BCUT2D eigenvalue weighted by molar-refractivity contribution is 0.341. The highest BCUT2D eigenvalue weighted by Gasteiger charge is 2.16. The molecule has 0 aliphatic rings. The molecule has 0 radical (unpaired) electrons. The van der Waals surface area contributed by atoms with Crippen LogP contribution in [-0.2, 0) is 22.2 Å². The molecule has 0 bridgehead atoms. The Bertz CT molecular complexity index is 1160. The third-order valence-electron chi connectivity index (χ3n) is 5.43. The number of nitrogens with zero attached hydrogens (tertiary/aromatic N) is 3. The first kappa shape index (κ1) is 24.7. The predicted octanol–water partition coefficient (Wildman–Crippen LogP) is 1.68. The molecule has 3 rings (SSSR count). The first-order valence-corrected chi connectivity index (χ1v) is 12.4. The van der Waals surface area contributed by atoms with Crippen LogP contribution in [0.1, 0.15) is 17.5 Å². The zero-order valence-electron chi connectivity index (χ0n) is 19.5. The van der Waals surface area contributed by atoms with Gasteiger partial charge < -0.3 is 24.7 Å². The van der Waals surface area contributed by atoms with Crippen LogP contribution in [0.3, 0.4) is 0 Å². The number of aromatic nitrogens is 3. The number of rotatable bonds is 13. The molecular weight excluding hydrogens is 444 g/mol. The van der Waals surface area contributed by atoms with Gasteiger partial charge in [-0.3, -0.25) is 0 Å². The van der Waals surface area contributed by atoms with Crippen molar-refractivity contribution < 1.29 is 17.9 Å². The first-order valence-electron chi connectivity index (χ1n) is 10.7. The van der Waals surface area contributed by atoms with E-state index in [9.17, 15) is 8.42 Å². The number of H-pyrrole nitrogens is 1. The van der Waals surface area contributed by atoms with Gasteiger partial charge in [-0.1, -0.05) is 6.07 Å². The van der Waals surface area contributed by atoms with Gasteiger partial charge >= 0.3 is 0 Å². The summed E-state index contributed by atoms with van der Waals surface area (Å²) in [6, 6.07) is 5.74. The Hall–Kier alpha value is -2.89. The number of fused-ring (bicyclic) bond motifs is 1. The van der Waals surface area contributed by atoms with Crippen LogP contribution in [0.4, 0.5) is 5.82 Å². The van der Waals surface area contributed by atoms with Crippen molar-refractivity contribution >= 4 is 26.7 Å². The van der Waals surface area contributed by atoms with Crippen LogP contribution in [0.5, 0.6) is 11.6 Å². The third-order valence-corrected chi connectivity index (χ3v) is 6.77. The Balaban J connectivity index is 1.49. The fraction of sp³-hybridized carbons (Fsp3) is 0.455. The Morgan fingerprint density at radius 2 is 1.97 bits per heavy atom. The van der Waals surface area contributed by atoms with Crippen LogP contribution >= 0.6 is 0 Å². The van der Waals surface area contributed by atoms with Gasteiger partial charge in [0.05, 0.1) is 20.0 Å². The first-order chi connectivity index (χ1) is 15.9. The monoisotopic (exact) mass is 476 g/mol. The maximum Gasteiger partial charge on any atom is 0.262 e. The summed E-state index contributed by atoms with van der Waals surface area (Å²) in [7, 11) is 3.21. The second kappa shape index (κ2) is 11.3. The highest BCUT2D eigenvalue weighted by molar-refractivity contribution is 7.88. The van der Waals surface area contributed by atoms with Crippen molar-refractivity contribution in [3.8, 4) is 11.6 Å². The highest BCUT2D eigenvalue weighted by atomic mass is 32.2. The fourth-order valence-electron chi connectivity index (χ4n) is 3.64. The van der Waals surface area contributed by atoms with E-state index in [-0.39, 0.29) is 5.75 Å². The number of hydrogen-bond donors (Lipinski definition) is 3. The predicted molar refractivity (Wildman–Crippen MR) is 130 cm³/mol. The van der Waals surface area contributed by atoms with E-state index >= 15 is 0 Å². The van der Waals surface area contributed by atoms with Gasteiger partial charge in [0.1, 0.15) is 6.33 Å². The third kappa shape index (κ3) is 6.34. The lowest BCUT2D eigenvalue weighted by atomic mass is 10.1. The van der Waals surface area contributed by atoms with E-state index in [0.29, 0.717) is 17.4 Å². The molecule has 11 heteroatoms. The topological polar surface area (TPSA) is 121 Å². The molecule has 3 N–H and O–H groups in total. The van der Waals surface area contributed by atoms with Gasteiger partial charge in [0, 0.05) is 37.2 Å². The van der Waals surface area contributed by atoms with Crippen molar-refractivity contribution in [2.75, 3.05) is 52.8 Å². The average Bonchev–Trinajstić information content (AvgIpc) is 3.22. The summed E-state index contributed by atoms with van der Waals surface area (Å²) in [5, 5.41) is 4.53. The van der Waals surface area contributed by atoms with Crippen molar-refractivity contribution in [3.63, 3.8) is 0 Å². The number of aromatic amines is 1. The molecule has 0 aliphatic heterocycles. The summed E-state index contributed by atoms with van der Waals surface area (Å²) in [5.41, 5.74) is 2.97. The van der Waals surface area contributed by atoms with Crippen molar-refractivity contribution in [2.24, 2.45) is 0 Å². The minimum atomic E-state index is -3.30. The summed E-state index contributed by atoms with van der Waals surface area (Å²) < 4.78 is 36.7. The minimum Gasteiger partial charge on any atom is -0.489 e. The highest BCUT2D eigenvalue weighted by Crippen LogP contribution is 2.32. The maximum absolute atomic E-state index is 11.9. The molecule has 0 spiro atoms. The second-order valence-electron chi connectivity index (χ2n) is 7.67. The second-order valence-corrected chi connectivity index (χ2v) is 9.60. The van der Waals surface area contributed by atoms with E-state index < -0.39 is 10.0 Å². The van der Waals surface area contributed by atoms with Crippen LogP contribution in [-0.4, -0.2) is 71.3 Å². The molecule has 1 aromatic carbocycles. The Labute approximate surface area is 194 Å². The SMILES string of the molecule is CNS(=O)(=O)Cc1ccc2[nH]cc(CCCNCCN(C)c3ncnc(OC)c3OC)c2c1. The smallest absolute Gasteiger partial charge is 0.262 e. The van der Waals surface area contributed by atoms with Crippen molar-refractivity contribution in [1.82, 2.24) is 25.0 Å². The zero-order valence-corrected chi connectivity index (χ0v) is 20.3.